The largest absolute Gasteiger partial charge is 0.323 e. The van der Waals surface area contributed by atoms with E-state index in [4.69, 9.17) is 5.73 Å². The van der Waals surface area contributed by atoms with Gasteiger partial charge in [0, 0.05) is 0 Å². The highest BCUT2D eigenvalue weighted by molar-refractivity contribution is 4.99. The van der Waals surface area contributed by atoms with Gasteiger partial charge < -0.3 is 5.73 Å². The molecule has 1 aromatic heterocycles. The van der Waals surface area contributed by atoms with Crippen molar-refractivity contribution < 1.29 is 0 Å². The highest BCUT2D eigenvalue weighted by atomic mass is 15.4. The average Bonchev–Trinajstić information content (AvgIpc) is 2.64. The van der Waals surface area contributed by atoms with E-state index in [1.807, 2.05) is 10.9 Å². The lowest BCUT2D eigenvalue weighted by atomic mass is 10.1. The third kappa shape index (κ3) is 2.61. The van der Waals surface area contributed by atoms with Gasteiger partial charge in [-0.05, 0) is 19.3 Å². The zero-order valence-electron chi connectivity index (χ0n) is 10.1. The summed E-state index contributed by atoms with van der Waals surface area (Å²) in [4.78, 5) is 0. The van der Waals surface area contributed by atoms with Crippen LogP contribution in [0.4, 0.5) is 0 Å². The Labute approximate surface area is 97.2 Å². The summed E-state index contributed by atoms with van der Waals surface area (Å²) >= 11 is 0. The van der Waals surface area contributed by atoms with E-state index in [1.54, 1.807) is 0 Å². The van der Waals surface area contributed by atoms with E-state index in [0.29, 0.717) is 6.04 Å². The summed E-state index contributed by atoms with van der Waals surface area (Å²) in [6.45, 7) is 2.08. The number of hydrogen-bond donors (Lipinski definition) is 1. The number of nitrogens with two attached hydrogens (primary N) is 1. The van der Waals surface area contributed by atoms with Crippen LogP contribution in [0, 0.1) is 0 Å². The van der Waals surface area contributed by atoms with Gasteiger partial charge in [-0.2, -0.15) is 0 Å². The molecule has 0 aliphatic heterocycles. The molecule has 1 heterocycles. The van der Waals surface area contributed by atoms with Gasteiger partial charge >= 0.3 is 0 Å². The molecule has 2 N–H and O–H groups in total. The van der Waals surface area contributed by atoms with Crippen molar-refractivity contribution in [1.82, 2.24) is 15.0 Å². The first kappa shape index (κ1) is 11.6. The Balaban J connectivity index is 2.05. The minimum Gasteiger partial charge on any atom is -0.323 e. The van der Waals surface area contributed by atoms with Crippen LogP contribution in [-0.2, 0) is 0 Å². The zero-order valence-corrected chi connectivity index (χ0v) is 10.1. The topological polar surface area (TPSA) is 56.7 Å². The fraction of sp³-hybridized carbons (Fsp3) is 0.833. The second-order valence-corrected chi connectivity index (χ2v) is 4.78. The molecular formula is C12H22N4. The number of rotatable bonds is 3. The molecule has 4 nitrogen and oxygen atoms in total. The second kappa shape index (κ2) is 5.43. The van der Waals surface area contributed by atoms with E-state index in [1.165, 1.54) is 38.5 Å². The average molecular weight is 222 g/mol. The summed E-state index contributed by atoms with van der Waals surface area (Å²) in [6, 6.07) is 0.590. The molecule has 1 aromatic rings. The number of aromatic nitrogens is 3. The monoisotopic (exact) mass is 222 g/mol. The molecule has 1 fully saturated rings. The summed E-state index contributed by atoms with van der Waals surface area (Å²) in [5, 5.41) is 8.42. The molecule has 0 radical (unpaired) electrons. The van der Waals surface area contributed by atoms with Crippen LogP contribution in [-0.4, -0.2) is 15.0 Å². The summed E-state index contributed by atoms with van der Waals surface area (Å²) in [6.07, 6.45) is 10.8. The van der Waals surface area contributed by atoms with E-state index in [0.717, 1.165) is 12.1 Å². The lowest BCUT2D eigenvalue weighted by molar-refractivity contribution is 0.396. The van der Waals surface area contributed by atoms with Crippen LogP contribution >= 0.6 is 0 Å². The predicted octanol–water partition coefficient (Wildman–Crippen LogP) is 2.58. The van der Waals surface area contributed by atoms with Crippen molar-refractivity contribution in [2.75, 3.05) is 0 Å². The molecule has 0 aromatic carbocycles. The van der Waals surface area contributed by atoms with Crippen LogP contribution in [0.15, 0.2) is 6.20 Å². The third-order valence-corrected chi connectivity index (χ3v) is 3.55. The van der Waals surface area contributed by atoms with E-state index >= 15 is 0 Å². The molecule has 16 heavy (non-hydrogen) atoms. The Kier molecular flexibility index (Phi) is 3.93. The van der Waals surface area contributed by atoms with E-state index < -0.39 is 0 Å². The molecule has 4 heteroatoms. The first-order valence-corrected chi connectivity index (χ1v) is 6.48. The molecule has 1 saturated carbocycles. The summed E-state index contributed by atoms with van der Waals surface area (Å²) in [7, 11) is 0. The van der Waals surface area contributed by atoms with Gasteiger partial charge in [0.15, 0.2) is 0 Å². The lowest BCUT2D eigenvalue weighted by Crippen LogP contribution is -2.10. The third-order valence-electron chi connectivity index (χ3n) is 3.55. The van der Waals surface area contributed by atoms with Crippen LogP contribution < -0.4 is 5.73 Å². The molecule has 1 aliphatic carbocycles. The van der Waals surface area contributed by atoms with Crippen molar-refractivity contribution in [2.45, 2.75) is 64.0 Å². The maximum atomic E-state index is 5.95. The van der Waals surface area contributed by atoms with Crippen molar-refractivity contribution in [3.63, 3.8) is 0 Å². The van der Waals surface area contributed by atoms with Crippen LogP contribution in [0.25, 0.3) is 0 Å². The van der Waals surface area contributed by atoms with E-state index in [-0.39, 0.29) is 6.04 Å². The quantitative estimate of drug-likeness (QED) is 0.800. The summed E-state index contributed by atoms with van der Waals surface area (Å²) < 4.78 is 2.04. The Morgan fingerprint density at radius 1 is 1.38 bits per heavy atom. The molecule has 1 aliphatic rings. The van der Waals surface area contributed by atoms with Crippen LogP contribution in [0.2, 0.25) is 0 Å². The SMILES string of the molecule is CCC(N)c1cn(C2CCCCCC2)nn1. The van der Waals surface area contributed by atoms with Crippen molar-refractivity contribution >= 4 is 0 Å². The van der Waals surface area contributed by atoms with Gasteiger partial charge in [0.1, 0.15) is 0 Å². The predicted molar refractivity (Wildman–Crippen MR) is 64.0 cm³/mol. The smallest absolute Gasteiger partial charge is 0.0994 e. The zero-order chi connectivity index (χ0) is 11.4. The van der Waals surface area contributed by atoms with Crippen molar-refractivity contribution in [1.29, 1.82) is 0 Å². The van der Waals surface area contributed by atoms with Crippen molar-refractivity contribution in [2.24, 2.45) is 5.73 Å². The van der Waals surface area contributed by atoms with Crippen LogP contribution in [0.5, 0.6) is 0 Å². The molecule has 0 amide bonds. The van der Waals surface area contributed by atoms with Gasteiger partial charge in [-0.25, -0.2) is 4.68 Å². The molecule has 0 saturated heterocycles. The van der Waals surface area contributed by atoms with Gasteiger partial charge in [0.2, 0.25) is 0 Å². The maximum absolute atomic E-state index is 5.95. The van der Waals surface area contributed by atoms with Gasteiger partial charge in [-0.1, -0.05) is 37.8 Å². The molecule has 0 spiro atoms. The van der Waals surface area contributed by atoms with Gasteiger partial charge in [0.05, 0.1) is 24.0 Å². The normalized spacial score (nSPS) is 20.6. The Hall–Kier alpha value is -0.900. The lowest BCUT2D eigenvalue weighted by Gasteiger charge is -2.13. The highest BCUT2D eigenvalue weighted by Crippen LogP contribution is 2.26. The van der Waals surface area contributed by atoms with Crippen LogP contribution in [0.1, 0.15) is 69.6 Å². The second-order valence-electron chi connectivity index (χ2n) is 4.78. The molecule has 2 rings (SSSR count). The fourth-order valence-electron chi connectivity index (χ4n) is 2.37. The minimum atomic E-state index is 0.0412. The molecule has 0 bridgehead atoms. The fourth-order valence-corrected chi connectivity index (χ4v) is 2.37. The highest BCUT2D eigenvalue weighted by Gasteiger charge is 2.17. The summed E-state index contributed by atoms with van der Waals surface area (Å²) in [5.41, 5.74) is 6.89. The molecule has 1 atom stereocenters. The molecule has 1 unspecified atom stereocenters. The van der Waals surface area contributed by atoms with Crippen molar-refractivity contribution in [3.05, 3.63) is 11.9 Å². The van der Waals surface area contributed by atoms with Gasteiger partial charge in [-0.3, -0.25) is 0 Å². The molecular weight excluding hydrogens is 200 g/mol. The first-order chi connectivity index (χ1) is 7.81. The standard InChI is InChI=1S/C12H22N4/c1-2-11(13)12-9-16(15-14-12)10-7-5-3-4-6-8-10/h9-11H,2-8,13H2,1H3. The Bertz CT molecular complexity index is 313. The van der Waals surface area contributed by atoms with Crippen molar-refractivity contribution in [3.8, 4) is 0 Å². The minimum absolute atomic E-state index is 0.0412. The number of nitrogens with zero attached hydrogens (tertiary/aromatic N) is 3. The maximum Gasteiger partial charge on any atom is 0.0994 e. The van der Waals surface area contributed by atoms with Gasteiger partial charge in [0.25, 0.3) is 0 Å². The molecule has 90 valence electrons. The Morgan fingerprint density at radius 2 is 2.06 bits per heavy atom. The number of hydrogen-bond acceptors (Lipinski definition) is 3. The van der Waals surface area contributed by atoms with E-state index in [9.17, 15) is 0 Å². The Morgan fingerprint density at radius 3 is 2.69 bits per heavy atom. The summed E-state index contributed by atoms with van der Waals surface area (Å²) in [5.74, 6) is 0. The van der Waals surface area contributed by atoms with Gasteiger partial charge in [-0.15, -0.1) is 5.10 Å². The van der Waals surface area contributed by atoms with E-state index in [2.05, 4.69) is 17.2 Å². The van der Waals surface area contributed by atoms with Crippen LogP contribution in [0.3, 0.4) is 0 Å². The first-order valence-electron chi connectivity index (χ1n) is 6.48.